The summed E-state index contributed by atoms with van der Waals surface area (Å²) in [6.45, 7) is -0.551. The molecule has 152 valence electrons. The van der Waals surface area contributed by atoms with E-state index in [9.17, 15) is 19.8 Å². The van der Waals surface area contributed by atoms with Crippen molar-refractivity contribution in [1.29, 1.82) is 0 Å². The van der Waals surface area contributed by atoms with Gasteiger partial charge in [0.15, 0.2) is 5.60 Å². The van der Waals surface area contributed by atoms with Gasteiger partial charge in [0.1, 0.15) is 24.9 Å². The van der Waals surface area contributed by atoms with Crippen molar-refractivity contribution >= 4 is 11.9 Å². The topological polar surface area (TPSA) is 102 Å². The molecule has 1 aliphatic carbocycles. The Morgan fingerprint density at radius 3 is 2.03 bits per heavy atom. The van der Waals surface area contributed by atoms with Crippen molar-refractivity contribution in [2.75, 3.05) is 13.7 Å². The zero-order chi connectivity index (χ0) is 20.9. The Kier molecular flexibility index (Phi) is 6.43. The molecule has 0 amide bonds. The SMILES string of the molecule is CO[C@@H]1C=C[C@H](OC(=O)c2ccccc2)[C@@H](O)[C@@]1(O)COC(=O)c1ccccc1. The van der Waals surface area contributed by atoms with Crippen LogP contribution in [0.5, 0.6) is 0 Å². The van der Waals surface area contributed by atoms with E-state index in [1.165, 1.54) is 19.3 Å². The molecule has 0 saturated carbocycles. The number of carbonyl (C=O) groups excluding carboxylic acids is 2. The summed E-state index contributed by atoms with van der Waals surface area (Å²) in [4.78, 5) is 24.5. The second-order valence-electron chi connectivity index (χ2n) is 6.66. The van der Waals surface area contributed by atoms with E-state index in [1.807, 2.05) is 0 Å². The van der Waals surface area contributed by atoms with E-state index in [2.05, 4.69) is 0 Å². The lowest BCUT2D eigenvalue weighted by Crippen LogP contribution is -2.62. The molecular formula is C22H22O7. The lowest BCUT2D eigenvalue weighted by molar-refractivity contribution is -0.189. The quantitative estimate of drug-likeness (QED) is 0.564. The summed E-state index contributed by atoms with van der Waals surface area (Å²) in [5, 5.41) is 21.8. The second kappa shape index (κ2) is 9.00. The molecule has 7 heteroatoms. The summed E-state index contributed by atoms with van der Waals surface area (Å²) in [5.74, 6) is -1.31. The van der Waals surface area contributed by atoms with Crippen molar-refractivity contribution in [2.45, 2.75) is 23.9 Å². The summed E-state index contributed by atoms with van der Waals surface area (Å²) in [6.07, 6.45) is -0.782. The van der Waals surface area contributed by atoms with Crippen molar-refractivity contribution in [3.8, 4) is 0 Å². The third-order valence-electron chi connectivity index (χ3n) is 4.74. The normalized spacial score (nSPS) is 26.0. The molecule has 0 heterocycles. The van der Waals surface area contributed by atoms with Crippen LogP contribution in [0.15, 0.2) is 72.8 Å². The first kappa shape index (κ1) is 20.7. The molecule has 0 unspecified atom stereocenters. The van der Waals surface area contributed by atoms with Crippen LogP contribution in [0.4, 0.5) is 0 Å². The Morgan fingerprint density at radius 2 is 1.48 bits per heavy atom. The van der Waals surface area contributed by atoms with Crippen molar-refractivity contribution in [1.82, 2.24) is 0 Å². The van der Waals surface area contributed by atoms with Gasteiger partial charge in [-0.3, -0.25) is 0 Å². The van der Waals surface area contributed by atoms with Crippen molar-refractivity contribution < 1.29 is 34.0 Å². The predicted octanol–water partition coefficient (Wildman–Crippen LogP) is 1.75. The van der Waals surface area contributed by atoms with E-state index >= 15 is 0 Å². The Balaban J connectivity index is 1.73. The van der Waals surface area contributed by atoms with Gasteiger partial charge in [0.05, 0.1) is 11.1 Å². The van der Waals surface area contributed by atoms with Gasteiger partial charge in [-0.2, -0.15) is 0 Å². The van der Waals surface area contributed by atoms with E-state index < -0.39 is 42.5 Å². The number of hydrogen-bond acceptors (Lipinski definition) is 7. The fourth-order valence-electron chi connectivity index (χ4n) is 3.09. The number of esters is 2. The molecule has 0 bridgehead atoms. The predicted molar refractivity (Wildman–Crippen MR) is 103 cm³/mol. The number of ether oxygens (including phenoxy) is 3. The molecular weight excluding hydrogens is 376 g/mol. The van der Waals surface area contributed by atoms with Crippen LogP contribution < -0.4 is 0 Å². The summed E-state index contributed by atoms with van der Waals surface area (Å²) in [7, 11) is 1.35. The molecule has 3 rings (SSSR count). The average Bonchev–Trinajstić information content (AvgIpc) is 2.76. The first-order chi connectivity index (χ1) is 14.0. The zero-order valence-electron chi connectivity index (χ0n) is 15.8. The largest absolute Gasteiger partial charge is 0.459 e. The van der Waals surface area contributed by atoms with E-state index in [-0.39, 0.29) is 0 Å². The Labute approximate surface area is 168 Å². The molecule has 29 heavy (non-hydrogen) atoms. The maximum atomic E-state index is 12.3. The highest BCUT2D eigenvalue weighted by molar-refractivity contribution is 5.90. The number of benzene rings is 2. The van der Waals surface area contributed by atoms with Crippen LogP contribution in [0, 0.1) is 0 Å². The maximum absolute atomic E-state index is 12.3. The van der Waals surface area contributed by atoms with Gasteiger partial charge in [-0.1, -0.05) is 42.5 Å². The molecule has 2 N–H and O–H groups in total. The number of hydrogen-bond donors (Lipinski definition) is 2. The zero-order valence-corrected chi connectivity index (χ0v) is 15.8. The molecule has 0 aromatic heterocycles. The van der Waals surface area contributed by atoms with Crippen LogP contribution in [0.25, 0.3) is 0 Å². The fraction of sp³-hybridized carbons (Fsp3) is 0.273. The van der Waals surface area contributed by atoms with Crippen LogP contribution >= 0.6 is 0 Å². The highest BCUT2D eigenvalue weighted by Gasteiger charge is 2.51. The highest BCUT2D eigenvalue weighted by atomic mass is 16.6. The van der Waals surface area contributed by atoms with Gasteiger partial charge in [-0.05, 0) is 30.3 Å². The van der Waals surface area contributed by atoms with Gasteiger partial charge in [0, 0.05) is 7.11 Å². The molecule has 1 aliphatic rings. The van der Waals surface area contributed by atoms with Gasteiger partial charge in [0.2, 0.25) is 0 Å². The summed E-state index contributed by atoms with van der Waals surface area (Å²) >= 11 is 0. The Morgan fingerprint density at radius 1 is 0.931 bits per heavy atom. The van der Waals surface area contributed by atoms with E-state index in [0.717, 1.165) is 0 Å². The molecule has 0 fully saturated rings. The van der Waals surface area contributed by atoms with Gasteiger partial charge in [-0.25, -0.2) is 9.59 Å². The monoisotopic (exact) mass is 398 g/mol. The van der Waals surface area contributed by atoms with E-state index in [4.69, 9.17) is 14.2 Å². The minimum atomic E-state index is -2.00. The third kappa shape index (κ3) is 4.54. The fourth-order valence-corrected chi connectivity index (χ4v) is 3.09. The van der Waals surface area contributed by atoms with Crippen molar-refractivity contribution in [3.05, 3.63) is 83.9 Å². The van der Waals surface area contributed by atoms with Gasteiger partial charge in [0.25, 0.3) is 0 Å². The molecule has 0 spiro atoms. The van der Waals surface area contributed by atoms with Crippen LogP contribution in [0.2, 0.25) is 0 Å². The first-order valence-corrected chi connectivity index (χ1v) is 9.05. The second-order valence-corrected chi connectivity index (χ2v) is 6.66. The number of aliphatic hydroxyl groups is 2. The molecule has 0 aliphatic heterocycles. The highest BCUT2D eigenvalue weighted by Crippen LogP contribution is 2.29. The first-order valence-electron chi connectivity index (χ1n) is 9.05. The van der Waals surface area contributed by atoms with Crippen LogP contribution in [-0.4, -0.2) is 59.8 Å². The molecule has 0 saturated heterocycles. The number of aliphatic hydroxyl groups excluding tert-OH is 1. The minimum Gasteiger partial charge on any atom is -0.459 e. The van der Waals surface area contributed by atoms with Crippen molar-refractivity contribution in [3.63, 3.8) is 0 Å². The van der Waals surface area contributed by atoms with E-state index in [0.29, 0.717) is 11.1 Å². The maximum Gasteiger partial charge on any atom is 0.338 e. The van der Waals surface area contributed by atoms with Gasteiger partial charge < -0.3 is 24.4 Å². The third-order valence-corrected chi connectivity index (χ3v) is 4.74. The number of rotatable bonds is 6. The van der Waals surface area contributed by atoms with Crippen LogP contribution in [0.3, 0.4) is 0 Å². The summed E-state index contributed by atoms with van der Waals surface area (Å²) < 4.78 is 15.8. The van der Waals surface area contributed by atoms with Crippen molar-refractivity contribution in [2.24, 2.45) is 0 Å². The number of carbonyl (C=O) groups is 2. The summed E-state index contributed by atoms with van der Waals surface area (Å²) in [6, 6.07) is 16.5. The molecule has 2 aromatic carbocycles. The Hall–Kier alpha value is -3.00. The summed E-state index contributed by atoms with van der Waals surface area (Å²) in [5.41, 5.74) is -1.39. The molecule has 7 nitrogen and oxygen atoms in total. The van der Waals surface area contributed by atoms with Crippen LogP contribution in [0.1, 0.15) is 20.7 Å². The minimum absolute atomic E-state index is 0.304. The molecule has 4 atom stereocenters. The average molecular weight is 398 g/mol. The molecule has 0 radical (unpaired) electrons. The van der Waals surface area contributed by atoms with E-state index in [1.54, 1.807) is 60.7 Å². The van der Waals surface area contributed by atoms with Gasteiger partial charge in [-0.15, -0.1) is 0 Å². The Bertz CT molecular complexity index is 865. The smallest absolute Gasteiger partial charge is 0.338 e. The van der Waals surface area contributed by atoms with Crippen LogP contribution in [-0.2, 0) is 14.2 Å². The molecule has 2 aromatic rings. The lowest BCUT2D eigenvalue weighted by Gasteiger charge is -2.42. The lowest BCUT2D eigenvalue weighted by atomic mass is 9.82. The standard InChI is InChI=1S/C22H22O7/c1-27-18-13-12-17(29-21(25)16-10-6-3-7-11-16)19(23)22(18,26)14-28-20(24)15-8-4-2-5-9-15/h2-13,17-19,23,26H,14H2,1H3/t17-,18+,19+,22+/m0/s1. The number of methoxy groups -OCH3 is 1. The van der Waals surface area contributed by atoms with Gasteiger partial charge >= 0.3 is 11.9 Å².